The van der Waals surface area contributed by atoms with E-state index >= 15 is 0 Å². The van der Waals surface area contributed by atoms with Crippen LogP contribution in [0.15, 0.2) is 6.20 Å². The minimum Gasteiger partial charge on any atom is -0.390 e. The first-order valence-corrected chi connectivity index (χ1v) is 3.92. The Morgan fingerprint density at radius 3 is 3.00 bits per heavy atom. The molecular weight excluding hydrogens is 172 g/mol. The van der Waals surface area contributed by atoms with Gasteiger partial charge >= 0.3 is 0 Å². The zero-order valence-corrected chi connectivity index (χ0v) is 7.34. The number of rotatable bonds is 4. The number of nitrogens with two attached hydrogens (primary N) is 1. The van der Waals surface area contributed by atoms with E-state index in [-0.39, 0.29) is 18.4 Å². The maximum absolute atomic E-state index is 10.7. The highest BCUT2D eigenvalue weighted by molar-refractivity contribution is 5.76. The standard InChI is InChI=1S/C7H12N4O2/c1-5(7(8)13)2-11-3-6(4-12)9-10-11/h3,5,12H,2,4H2,1H3,(H2,8,13). The Bertz CT molecular complexity index is 296. The van der Waals surface area contributed by atoms with Gasteiger partial charge in [-0.05, 0) is 0 Å². The number of primary amides is 1. The Balaban J connectivity index is 2.58. The van der Waals surface area contributed by atoms with Gasteiger partial charge in [-0.15, -0.1) is 5.10 Å². The summed E-state index contributed by atoms with van der Waals surface area (Å²) in [5.74, 6) is -0.658. The van der Waals surface area contributed by atoms with Crippen molar-refractivity contribution in [1.29, 1.82) is 0 Å². The number of carbonyl (C=O) groups excluding carboxylic acids is 1. The molecule has 0 saturated heterocycles. The summed E-state index contributed by atoms with van der Waals surface area (Å²) >= 11 is 0. The van der Waals surface area contributed by atoms with Crippen LogP contribution in [0.2, 0.25) is 0 Å². The Morgan fingerprint density at radius 1 is 1.85 bits per heavy atom. The molecule has 1 aromatic heterocycles. The van der Waals surface area contributed by atoms with E-state index in [1.165, 1.54) is 4.68 Å². The highest BCUT2D eigenvalue weighted by Crippen LogP contribution is 1.99. The quantitative estimate of drug-likeness (QED) is 0.620. The fourth-order valence-corrected chi connectivity index (χ4v) is 0.871. The van der Waals surface area contributed by atoms with Crippen molar-refractivity contribution in [3.63, 3.8) is 0 Å². The van der Waals surface area contributed by atoms with Gasteiger partial charge in [0.1, 0.15) is 5.69 Å². The van der Waals surface area contributed by atoms with Crippen molar-refractivity contribution in [1.82, 2.24) is 15.0 Å². The molecule has 0 spiro atoms. The van der Waals surface area contributed by atoms with E-state index in [1.54, 1.807) is 13.1 Å². The maximum atomic E-state index is 10.7. The number of nitrogens with zero attached hydrogens (tertiary/aromatic N) is 3. The van der Waals surface area contributed by atoms with Gasteiger partial charge < -0.3 is 10.8 Å². The van der Waals surface area contributed by atoms with Gasteiger partial charge in [0.25, 0.3) is 0 Å². The lowest BCUT2D eigenvalue weighted by molar-refractivity contribution is -0.121. The number of hydrogen-bond donors (Lipinski definition) is 2. The lowest BCUT2D eigenvalue weighted by atomic mass is 10.2. The summed E-state index contributed by atoms with van der Waals surface area (Å²) in [6.45, 7) is 1.95. The second-order valence-corrected chi connectivity index (χ2v) is 2.89. The fourth-order valence-electron chi connectivity index (χ4n) is 0.871. The zero-order chi connectivity index (χ0) is 9.84. The van der Waals surface area contributed by atoms with Crippen LogP contribution in [-0.4, -0.2) is 26.0 Å². The molecule has 0 aromatic carbocycles. The molecule has 1 unspecified atom stereocenters. The second-order valence-electron chi connectivity index (χ2n) is 2.89. The minimum atomic E-state index is -0.374. The zero-order valence-electron chi connectivity index (χ0n) is 7.34. The van der Waals surface area contributed by atoms with E-state index in [4.69, 9.17) is 10.8 Å². The van der Waals surface area contributed by atoms with E-state index in [1.807, 2.05) is 0 Å². The molecule has 1 rings (SSSR count). The molecule has 13 heavy (non-hydrogen) atoms. The van der Waals surface area contributed by atoms with Crippen LogP contribution < -0.4 is 5.73 Å². The molecule has 0 bridgehead atoms. The molecule has 0 aliphatic rings. The monoisotopic (exact) mass is 184 g/mol. The molecule has 0 aliphatic carbocycles. The Kier molecular flexibility index (Phi) is 2.97. The van der Waals surface area contributed by atoms with Crippen LogP contribution in [0.25, 0.3) is 0 Å². The van der Waals surface area contributed by atoms with Crippen molar-refractivity contribution >= 4 is 5.91 Å². The fraction of sp³-hybridized carbons (Fsp3) is 0.571. The summed E-state index contributed by atoms with van der Waals surface area (Å²) in [5, 5.41) is 16.1. The van der Waals surface area contributed by atoms with Crippen LogP contribution in [0, 0.1) is 5.92 Å². The molecular formula is C7H12N4O2. The van der Waals surface area contributed by atoms with E-state index < -0.39 is 0 Å². The van der Waals surface area contributed by atoms with Gasteiger partial charge in [0.2, 0.25) is 5.91 Å². The average molecular weight is 184 g/mol. The molecule has 0 saturated carbocycles. The van der Waals surface area contributed by atoms with Gasteiger partial charge in [0, 0.05) is 0 Å². The van der Waals surface area contributed by atoms with E-state index in [0.29, 0.717) is 12.2 Å². The maximum Gasteiger partial charge on any atom is 0.222 e. The van der Waals surface area contributed by atoms with Crippen LogP contribution in [0.4, 0.5) is 0 Å². The van der Waals surface area contributed by atoms with Crippen LogP contribution in [-0.2, 0) is 17.9 Å². The normalized spacial score (nSPS) is 12.8. The molecule has 6 heteroatoms. The number of aliphatic hydroxyl groups excluding tert-OH is 1. The lowest BCUT2D eigenvalue weighted by Gasteiger charge is -2.04. The molecule has 0 aliphatic heterocycles. The third-order valence-electron chi connectivity index (χ3n) is 1.69. The number of hydrogen-bond acceptors (Lipinski definition) is 4. The van der Waals surface area contributed by atoms with Crippen molar-refractivity contribution in [2.75, 3.05) is 0 Å². The predicted molar refractivity (Wildman–Crippen MR) is 44.3 cm³/mol. The predicted octanol–water partition coefficient (Wildman–Crippen LogP) is -1.11. The molecule has 1 heterocycles. The summed E-state index contributed by atoms with van der Waals surface area (Å²) < 4.78 is 1.49. The van der Waals surface area contributed by atoms with E-state index in [2.05, 4.69) is 10.3 Å². The molecule has 6 nitrogen and oxygen atoms in total. The van der Waals surface area contributed by atoms with Gasteiger partial charge in [-0.1, -0.05) is 12.1 Å². The molecule has 0 radical (unpaired) electrons. The topological polar surface area (TPSA) is 94.0 Å². The van der Waals surface area contributed by atoms with Gasteiger partial charge in [0.05, 0.1) is 25.3 Å². The smallest absolute Gasteiger partial charge is 0.222 e. The Morgan fingerprint density at radius 2 is 2.54 bits per heavy atom. The van der Waals surface area contributed by atoms with Gasteiger partial charge in [-0.2, -0.15) is 0 Å². The van der Waals surface area contributed by atoms with Crippen LogP contribution in [0.1, 0.15) is 12.6 Å². The molecule has 0 fully saturated rings. The summed E-state index contributed by atoms with van der Waals surface area (Å²) in [6, 6.07) is 0. The third kappa shape index (κ3) is 2.51. The summed E-state index contributed by atoms with van der Waals surface area (Å²) in [4.78, 5) is 10.7. The van der Waals surface area contributed by atoms with Crippen LogP contribution in [0.5, 0.6) is 0 Å². The van der Waals surface area contributed by atoms with Crippen LogP contribution >= 0.6 is 0 Å². The van der Waals surface area contributed by atoms with Gasteiger partial charge in [-0.25, -0.2) is 0 Å². The van der Waals surface area contributed by atoms with Crippen molar-refractivity contribution in [3.8, 4) is 0 Å². The highest BCUT2D eigenvalue weighted by Gasteiger charge is 2.10. The molecule has 3 N–H and O–H groups in total. The molecule has 72 valence electrons. The van der Waals surface area contributed by atoms with Crippen molar-refractivity contribution < 1.29 is 9.90 Å². The largest absolute Gasteiger partial charge is 0.390 e. The molecule has 1 aromatic rings. The highest BCUT2D eigenvalue weighted by atomic mass is 16.3. The number of aromatic nitrogens is 3. The Labute approximate surface area is 75.3 Å². The molecule has 1 amide bonds. The first-order chi connectivity index (χ1) is 6.13. The van der Waals surface area contributed by atoms with Crippen molar-refractivity contribution in [2.45, 2.75) is 20.1 Å². The van der Waals surface area contributed by atoms with Crippen molar-refractivity contribution in [2.24, 2.45) is 11.7 Å². The first-order valence-electron chi connectivity index (χ1n) is 3.92. The summed E-state index contributed by atoms with van der Waals surface area (Å²) in [5.41, 5.74) is 5.56. The number of carbonyl (C=O) groups is 1. The second kappa shape index (κ2) is 3.99. The van der Waals surface area contributed by atoms with E-state index in [0.717, 1.165) is 0 Å². The Hall–Kier alpha value is -1.43. The lowest BCUT2D eigenvalue weighted by Crippen LogP contribution is -2.24. The van der Waals surface area contributed by atoms with Gasteiger partial charge in [-0.3, -0.25) is 9.48 Å². The van der Waals surface area contributed by atoms with Gasteiger partial charge in [0.15, 0.2) is 0 Å². The van der Waals surface area contributed by atoms with Crippen molar-refractivity contribution in [3.05, 3.63) is 11.9 Å². The number of aliphatic hydroxyl groups is 1. The average Bonchev–Trinajstić information content (AvgIpc) is 2.52. The summed E-state index contributed by atoms with van der Waals surface area (Å²) in [6.07, 6.45) is 1.58. The minimum absolute atomic E-state index is 0.148. The van der Waals surface area contributed by atoms with Crippen LogP contribution in [0.3, 0.4) is 0 Å². The molecule has 1 atom stereocenters. The first kappa shape index (κ1) is 9.66. The summed E-state index contributed by atoms with van der Waals surface area (Å²) in [7, 11) is 0. The number of amides is 1. The van der Waals surface area contributed by atoms with E-state index in [9.17, 15) is 4.79 Å². The SMILES string of the molecule is CC(Cn1cc(CO)nn1)C(N)=O. The third-order valence-corrected chi connectivity index (χ3v) is 1.69.